The number of hydrogen-bond donors (Lipinski definition) is 5. The molecule has 4 unspecified atom stereocenters. The molecule has 1 fully saturated rings. The van der Waals surface area contributed by atoms with Gasteiger partial charge < -0.3 is 25.8 Å². The zero-order chi connectivity index (χ0) is 25.8. The summed E-state index contributed by atoms with van der Waals surface area (Å²) in [7, 11) is -4.03. The van der Waals surface area contributed by atoms with E-state index >= 15 is 0 Å². The van der Waals surface area contributed by atoms with Gasteiger partial charge in [0.15, 0.2) is 23.2 Å². The second-order valence-electron chi connectivity index (χ2n) is 8.24. The fraction of sp³-hybridized carbons (Fsp3) is 0.350. The van der Waals surface area contributed by atoms with Gasteiger partial charge in [-0.2, -0.15) is 5.10 Å². The van der Waals surface area contributed by atoms with Crippen molar-refractivity contribution in [1.29, 1.82) is 0 Å². The van der Waals surface area contributed by atoms with Crippen LogP contribution in [0.2, 0.25) is 0 Å². The van der Waals surface area contributed by atoms with Crippen LogP contribution in [0.4, 0.5) is 11.8 Å². The molecule has 1 aromatic carbocycles. The average molecular weight is 519 g/mol. The van der Waals surface area contributed by atoms with Gasteiger partial charge in [-0.25, -0.2) is 33.1 Å². The Hall–Kier alpha value is -3.70. The number of carbonyl (C=O) groups is 1. The normalized spacial score (nSPS) is 25.5. The topological polar surface area (TPSA) is 218 Å². The third-order valence-corrected chi connectivity index (χ3v) is 7.70. The summed E-state index contributed by atoms with van der Waals surface area (Å²) in [5.41, 5.74) is 9.16. The molecule has 4 heterocycles. The molecule has 16 heteroatoms. The number of anilines is 2. The highest BCUT2D eigenvalue weighted by Gasteiger charge is 2.45. The van der Waals surface area contributed by atoms with Crippen LogP contribution in [0.5, 0.6) is 0 Å². The highest BCUT2D eigenvalue weighted by Crippen LogP contribution is 2.35. The summed E-state index contributed by atoms with van der Waals surface area (Å²) in [6.45, 7) is 0.629. The zero-order valence-electron chi connectivity index (χ0n) is 18.8. The lowest BCUT2D eigenvalue weighted by Crippen LogP contribution is -2.34. The van der Waals surface area contributed by atoms with Crippen molar-refractivity contribution in [3.63, 3.8) is 0 Å². The molecule has 4 atom stereocenters. The standard InChI is InChI=1S/C20H22N8O7S/c1-9(6-27-18(32)10-4-2-3-5-12(10)36(27,33)34)25-26-20-24-13-16(21)22-8-23-17(13)28(20)19-15(31)14(30)11(7-29)35-19/h2-5,8,11,14-15,19,29-31H,6-7H2,1H3,(H,24,26)(H2,21,22,23). The minimum Gasteiger partial charge on any atom is -0.394 e. The number of imidazole rings is 1. The van der Waals surface area contributed by atoms with Crippen LogP contribution in [0.15, 0.2) is 40.6 Å². The van der Waals surface area contributed by atoms with Crippen molar-refractivity contribution in [2.45, 2.75) is 36.4 Å². The number of amides is 1. The molecule has 3 aromatic rings. The molecule has 0 aliphatic carbocycles. The largest absolute Gasteiger partial charge is 0.394 e. The fourth-order valence-corrected chi connectivity index (χ4v) is 5.71. The molecular weight excluding hydrogens is 496 g/mol. The number of rotatable bonds is 6. The predicted molar refractivity (Wildman–Crippen MR) is 124 cm³/mol. The van der Waals surface area contributed by atoms with Gasteiger partial charge in [-0.3, -0.25) is 9.36 Å². The minimum atomic E-state index is -4.03. The summed E-state index contributed by atoms with van der Waals surface area (Å²) in [4.78, 5) is 24.9. The molecule has 2 aromatic heterocycles. The monoisotopic (exact) mass is 518 g/mol. The van der Waals surface area contributed by atoms with Crippen molar-refractivity contribution in [3.8, 4) is 0 Å². The highest BCUT2D eigenvalue weighted by atomic mass is 32.2. The molecule has 1 amide bonds. The Morgan fingerprint density at radius 1 is 1.25 bits per heavy atom. The number of hydrazone groups is 1. The maximum atomic E-state index is 12.8. The molecule has 0 spiro atoms. The SMILES string of the molecule is CC(CN1C(=O)c2ccccc2S1(=O)=O)=NNc1nc2c(N)ncnc2n1C1OC(CO)C(O)C1O. The van der Waals surface area contributed by atoms with E-state index < -0.39 is 47.1 Å². The van der Waals surface area contributed by atoms with Crippen LogP contribution in [0.1, 0.15) is 23.5 Å². The van der Waals surface area contributed by atoms with Crippen LogP contribution >= 0.6 is 0 Å². The Kier molecular flexibility index (Phi) is 5.84. The summed E-state index contributed by atoms with van der Waals surface area (Å²) >= 11 is 0. The molecule has 0 radical (unpaired) electrons. The number of nitrogens with two attached hydrogens (primary N) is 1. The maximum Gasteiger partial charge on any atom is 0.269 e. The zero-order valence-corrected chi connectivity index (χ0v) is 19.6. The van der Waals surface area contributed by atoms with E-state index in [1.165, 1.54) is 36.0 Å². The number of aromatic nitrogens is 4. The van der Waals surface area contributed by atoms with Crippen molar-refractivity contribution in [3.05, 3.63) is 36.2 Å². The third kappa shape index (κ3) is 3.66. The molecule has 1 saturated heterocycles. The van der Waals surface area contributed by atoms with Crippen molar-refractivity contribution in [2.24, 2.45) is 5.10 Å². The Bertz CT molecular complexity index is 1490. The van der Waals surface area contributed by atoms with Gasteiger partial charge in [0.2, 0.25) is 5.95 Å². The first kappa shape index (κ1) is 24.0. The van der Waals surface area contributed by atoms with Gasteiger partial charge in [0.25, 0.3) is 15.9 Å². The second kappa shape index (κ2) is 8.75. The van der Waals surface area contributed by atoms with Crippen molar-refractivity contribution in [2.75, 3.05) is 24.3 Å². The number of nitrogens with zero attached hydrogens (tertiary/aromatic N) is 6. The van der Waals surface area contributed by atoms with E-state index in [4.69, 9.17) is 10.5 Å². The second-order valence-corrected chi connectivity index (χ2v) is 10.1. The van der Waals surface area contributed by atoms with Gasteiger partial charge in [0, 0.05) is 0 Å². The number of nitrogens with one attached hydrogen (secondary N) is 1. The van der Waals surface area contributed by atoms with E-state index in [-0.39, 0.29) is 45.6 Å². The number of sulfonamides is 1. The lowest BCUT2D eigenvalue weighted by atomic mass is 10.1. The summed E-state index contributed by atoms with van der Waals surface area (Å²) in [6.07, 6.45) is -3.94. The van der Waals surface area contributed by atoms with Gasteiger partial charge in [0.05, 0.1) is 24.4 Å². The Morgan fingerprint density at radius 3 is 2.69 bits per heavy atom. The molecule has 0 saturated carbocycles. The molecule has 36 heavy (non-hydrogen) atoms. The third-order valence-electron chi connectivity index (χ3n) is 5.91. The minimum absolute atomic E-state index is 0.0229. The van der Waals surface area contributed by atoms with E-state index in [9.17, 15) is 28.5 Å². The van der Waals surface area contributed by atoms with E-state index in [1.807, 2.05) is 0 Å². The Morgan fingerprint density at radius 2 is 2.00 bits per heavy atom. The van der Waals surface area contributed by atoms with E-state index in [1.54, 1.807) is 6.07 Å². The summed E-state index contributed by atoms with van der Waals surface area (Å²) < 4.78 is 33.2. The van der Waals surface area contributed by atoms with Crippen LogP contribution in [-0.4, -0.2) is 90.6 Å². The lowest BCUT2D eigenvalue weighted by Gasteiger charge is -2.19. The summed E-state index contributed by atoms with van der Waals surface area (Å²) in [5.74, 6) is -0.659. The van der Waals surface area contributed by atoms with Crippen LogP contribution in [-0.2, 0) is 14.8 Å². The molecule has 190 valence electrons. The first-order chi connectivity index (χ1) is 17.1. The van der Waals surface area contributed by atoms with Crippen LogP contribution < -0.4 is 11.2 Å². The van der Waals surface area contributed by atoms with E-state index in [0.29, 0.717) is 0 Å². The van der Waals surface area contributed by atoms with Crippen molar-refractivity contribution >= 4 is 44.6 Å². The van der Waals surface area contributed by atoms with E-state index in [2.05, 4.69) is 25.5 Å². The molecule has 15 nitrogen and oxygen atoms in total. The summed E-state index contributed by atoms with van der Waals surface area (Å²) in [5, 5.41) is 34.3. The van der Waals surface area contributed by atoms with Gasteiger partial charge in [-0.15, -0.1) is 0 Å². The average Bonchev–Trinajstić information content (AvgIpc) is 3.43. The molecule has 2 aliphatic heterocycles. The number of benzene rings is 1. The molecule has 5 rings (SSSR count). The first-order valence-corrected chi connectivity index (χ1v) is 12.1. The number of aliphatic hydroxyl groups excluding tert-OH is 3. The lowest BCUT2D eigenvalue weighted by molar-refractivity contribution is -0.0501. The number of hydrogen-bond acceptors (Lipinski definition) is 13. The van der Waals surface area contributed by atoms with Gasteiger partial charge >= 0.3 is 0 Å². The number of fused-ring (bicyclic) bond motifs is 2. The van der Waals surface area contributed by atoms with Crippen molar-refractivity contribution in [1.82, 2.24) is 23.8 Å². The summed E-state index contributed by atoms with van der Waals surface area (Å²) in [6, 6.07) is 5.92. The van der Waals surface area contributed by atoms with Crippen LogP contribution in [0, 0.1) is 0 Å². The number of nitrogen functional groups attached to an aromatic ring is 1. The highest BCUT2D eigenvalue weighted by molar-refractivity contribution is 7.90. The molecular formula is C20H22N8O7S. The molecule has 2 aliphatic rings. The first-order valence-electron chi connectivity index (χ1n) is 10.7. The van der Waals surface area contributed by atoms with E-state index in [0.717, 1.165) is 4.31 Å². The Labute approximate surface area is 203 Å². The van der Waals surface area contributed by atoms with Gasteiger partial charge in [-0.1, -0.05) is 12.1 Å². The van der Waals surface area contributed by atoms with Gasteiger partial charge in [-0.05, 0) is 19.1 Å². The fourth-order valence-electron chi connectivity index (χ4n) is 4.12. The van der Waals surface area contributed by atoms with Gasteiger partial charge in [0.1, 0.15) is 29.5 Å². The molecule has 6 N–H and O–H groups in total. The van der Waals surface area contributed by atoms with Crippen molar-refractivity contribution < 1.29 is 33.3 Å². The van der Waals surface area contributed by atoms with Crippen LogP contribution in [0.3, 0.4) is 0 Å². The number of ether oxygens (including phenoxy) is 1. The smallest absolute Gasteiger partial charge is 0.269 e. The number of carbonyl (C=O) groups excluding carboxylic acids is 1. The Balaban J connectivity index is 1.46. The quantitative estimate of drug-likeness (QED) is 0.189. The molecule has 0 bridgehead atoms. The number of aliphatic hydroxyl groups is 3. The maximum absolute atomic E-state index is 12.8. The predicted octanol–water partition coefficient (Wildman–Crippen LogP) is -1.35. The van der Waals surface area contributed by atoms with Crippen LogP contribution in [0.25, 0.3) is 11.2 Å².